The van der Waals surface area contributed by atoms with Gasteiger partial charge < -0.3 is 9.88 Å². The molecule has 2 aromatic carbocycles. The number of H-pyrrole nitrogens is 1. The highest BCUT2D eigenvalue weighted by Crippen LogP contribution is 2.43. The Hall–Kier alpha value is -2.86. The van der Waals surface area contributed by atoms with Gasteiger partial charge in [0.15, 0.2) is 0 Å². The molecular weight excluding hydrogens is 384 g/mol. The number of rotatable bonds is 3. The predicted molar refractivity (Wildman–Crippen MR) is 116 cm³/mol. The molecule has 1 aliphatic heterocycles. The summed E-state index contributed by atoms with van der Waals surface area (Å²) < 4.78 is 0. The maximum absolute atomic E-state index is 6.27. The third-order valence-electron chi connectivity index (χ3n) is 5.88. The molecule has 1 aliphatic rings. The number of halogens is 1. The molecule has 0 aliphatic carbocycles. The van der Waals surface area contributed by atoms with Gasteiger partial charge in [-0.25, -0.2) is 4.98 Å². The van der Waals surface area contributed by atoms with Gasteiger partial charge in [-0.3, -0.25) is 0 Å². The minimum atomic E-state index is 0.149. The minimum Gasteiger partial charge on any atom is -0.359 e. The Morgan fingerprint density at radius 3 is 2.69 bits per heavy atom. The third-order valence-corrected chi connectivity index (χ3v) is 6.10. The number of nitrogens with zero attached hydrogens (tertiary/aromatic N) is 5. The van der Waals surface area contributed by atoms with Gasteiger partial charge in [0.2, 0.25) is 0 Å². The van der Waals surface area contributed by atoms with Crippen LogP contribution in [0.25, 0.3) is 16.7 Å². The molecule has 0 saturated carbocycles. The fourth-order valence-corrected chi connectivity index (χ4v) is 4.81. The van der Waals surface area contributed by atoms with E-state index in [0.29, 0.717) is 5.92 Å². The first-order valence-electron chi connectivity index (χ1n) is 9.91. The minimum absolute atomic E-state index is 0.149. The summed E-state index contributed by atoms with van der Waals surface area (Å²) in [5, 5.41) is 9.48. The van der Waals surface area contributed by atoms with Crippen LogP contribution in [0.15, 0.2) is 42.7 Å². The molecular formula is C22H23ClN6. The molecule has 0 amide bonds. The molecule has 0 bridgehead atoms. The number of aromatic nitrogens is 5. The molecule has 148 valence electrons. The summed E-state index contributed by atoms with van der Waals surface area (Å²) in [7, 11) is 0. The summed E-state index contributed by atoms with van der Waals surface area (Å²) in [6.07, 6.45) is 4.52. The van der Waals surface area contributed by atoms with Crippen molar-refractivity contribution < 1.29 is 0 Å². The number of nitrogens with one attached hydrogen (secondary N) is 1. The van der Waals surface area contributed by atoms with Gasteiger partial charge >= 0.3 is 0 Å². The zero-order valence-corrected chi connectivity index (χ0v) is 17.5. The van der Waals surface area contributed by atoms with E-state index in [1.807, 2.05) is 12.1 Å². The van der Waals surface area contributed by atoms with Crippen LogP contribution in [0.3, 0.4) is 0 Å². The van der Waals surface area contributed by atoms with Crippen molar-refractivity contribution in [3.05, 3.63) is 64.7 Å². The summed E-state index contributed by atoms with van der Waals surface area (Å²) in [4.78, 5) is 12.7. The van der Waals surface area contributed by atoms with Crippen molar-refractivity contribution in [2.75, 3.05) is 11.4 Å². The Bertz CT molecular complexity index is 1180. The number of aryl methyl sites for hydroxylation is 2. The molecule has 4 aromatic rings. The number of imidazole rings is 1. The van der Waals surface area contributed by atoms with E-state index in [4.69, 9.17) is 16.6 Å². The zero-order valence-electron chi connectivity index (χ0n) is 16.7. The Morgan fingerprint density at radius 2 is 1.90 bits per heavy atom. The van der Waals surface area contributed by atoms with Crippen LogP contribution < -0.4 is 4.90 Å². The Kier molecular flexibility index (Phi) is 4.32. The summed E-state index contributed by atoms with van der Waals surface area (Å²) in [5.74, 6) is 1.45. The highest BCUT2D eigenvalue weighted by atomic mass is 35.5. The third kappa shape index (κ3) is 2.99. The number of aromatic amines is 1. The average molecular weight is 407 g/mol. The van der Waals surface area contributed by atoms with Crippen molar-refractivity contribution in [2.24, 2.45) is 5.92 Å². The largest absolute Gasteiger partial charge is 0.359 e. The summed E-state index contributed by atoms with van der Waals surface area (Å²) in [5.41, 5.74) is 6.42. The van der Waals surface area contributed by atoms with Gasteiger partial charge in [0, 0.05) is 11.6 Å². The molecule has 7 heteroatoms. The quantitative estimate of drug-likeness (QED) is 0.520. The van der Waals surface area contributed by atoms with Gasteiger partial charge in [-0.2, -0.15) is 10.2 Å². The van der Waals surface area contributed by atoms with E-state index in [9.17, 15) is 0 Å². The van der Waals surface area contributed by atoms with Gasteiger partial charge in [-0.05, 0) is 55.5 Å². The number of hydrogen-bond donors (Lipinski definition) is 1. The van der Waals surface area contributed by atoms with Crippen molar-refractivity contribution in [2.45, 2.75) is 33.2 Å². The maximum atomic E-state index is 6.27. The van der Waals surface area contributed by atoms with E-state index in [0.717, 1.165) is 51.8 Å². The first-order chi connectivity index (χ1) is 14.0. The zero-order chi connectivity index (χ0) is 20.1. The van der Waals surface area contributed by atoms with E-state index in [1.54, 1.807) is 17.2 Å². The lowest BCUT2D eigenvalue weighted by molar-refractivity contribution is 0.513. The fraction of sp³-hybridized carbons (Fsp3) is 0.318. The maximum Gasteiger partial charge on any atom is 0.130 e. The van der Waals surface area contributed by atoms with Crippen molar-refractivity contribution >= 4 is 28.3 Å². The Labute approximate surface area is 174 Å². The van der Waals surface area contributed by atoms with Gasteiger partial charge in [-0.15, -0.1) is 4.80 Å². The lowest BCUT2D eigenvalue weighted by atomic mass is 10.0. The molecule has 2 aromatic heterocycles. The molecule has 2 atom stereocenters. The molecule has 29 heavy (non-hydrogen) atoms. The van der Waals surface area contributed by atoms with Crippen LogP contribution in [-0.4, -0.2) is 31.5 Å². The molecule has 5 rings (SSSR count). The van der Waals surface area contributed by atoms with E-state index < -0.39 is 0 Å². The van der Waals surface area contributed by atoms with Crippen LogP contribution >= 0.6 is 11.6 Å². The van der Waals surface area contributed by atoms with Gasteiger partial charge in [0.25, 0.3) is 0 Å². The number of hydrogen-bond acceptors (Lipinski definition) is 4. The van der Waals surface area contributed by atoms with Crippen molar-refractivity contribution in [3.63, 3.8) is 0 Å². The van der Waals surface area contributed by atoms with Gasteiger partial charge in [-0.1, -0.05) is 30.7 Å². The highest BCUT2D eigenvalue weighted by Gasteiger charge is 2.37. The molecule has 1 N–H and O–H groups in total. The Balaban J connectivity index is 1.65. The monoisotopic (exact) mass is 406 g/mol. The normalized spacial score (nSPS) is 19.4. The summed E-state index contributed by atoms with van der Waals surface area (Å²) in [6.45, 7) is 7.45. The number of anilines is 1. The number of para-hydroxylation sites is 1. The lowest BCUT2D eigenvalue weighted by Crippen LogP contribution is -2.27. The first kappa shape index (κ1) is 18.2. The van der Waals surface area contributed by atoms with Gasteiger partial charge in [0.1, 0.15) is 11.5 Å². The number of benzene rings is 2. The SMILES string of the molecule is Cc1cccc(-n2nccn2)c1N1CC[C@H](C)[C@H]1c1nc2c(C)cc(Cl)cc2[nH]1. The molecule has 1 saturated heterocycles. The molecule has 6 nitrogen and oxygen atoms in total. The lowest BCUT2D eigenvalue weighted by Gasteiger charge is -2.30. The second-order valence-corrected chi connectivity index (χ2v) is 8.34. The first-order valence-corrected chi connectivity index (χ1v) is 10.3. The van der Waals surface area contributed by atoms with E-state index in [-0.39, 0.29) is 6.04 Å². The fourth-order valence-electron chi connectivity index (χ4n) is 4.54. The number of fused-ring (bicyclic) bond motifs is 1. The van der Waals surface area contributed by atoms with E-state index >= 15 is 0 Å². The molecule has 1 fully saturated rings. The van der Waals surface area contributed by atoms with E-state index in [2.05, 4.69) is 59.1 Å². The van der Waals surface area contributed by atoms with Crippen LogP contribution in [0, 0.1) is 19.8 Å². The van der Waals surface area contributed by atoms with Crippen LogP contribution in [0.5, 0.6) is 0 Å². The molecule has 0 spiro atoms. The van der Waals surface area contributed by atoms with Crippen LogP contribution in [0.4, 0.5) is 5.69 Å². The molecule has 3 heterocycles. The van der Waals surface area contributed by atoms with Crippen molar-refractivity contribution in [1.82, 2.24) is 25.0 Å². The standard InChI is InChI=1S/C22H23ClN6/c1-13-5-4-6-18(29-24-8-9-25-29)20(13)28-10-7-14(2)21(28)22-26-17-12-16(23)11-15(3)19(17)27-22/h4-6,8-9,11-12,14,21H,7,10H2,1-3H3,(H,26,27)/t14-,21-/m0/s1. The molecule has 0 radical (unpaired) electrons. The van der Waals surface area contributed by atoms with Gasteiger partial charge in [0.05, 0.1) is 35.2 Å². The second-order valence-electron chi connectivity index (χ2n) is 7.91. The topological polar surface area (TPSA) is 62.6 Å². The highest BCUT2D eigenvalue weighted by molar-refractivity contribution is 6.31. The molecule has 0 unspecified atom stereocenters. The summed E-state index contributed by atoms with van der Waals surface area (Å²) in [6, 6.07) is 10.3. The smallest absolute Gasteiger partial charge is 0.130 e. The summed E-state index contributed by atoms with van der Waals surface area (Å²) >= 11 is 6.27. The van der Waals surface area contributed by atoms with Crippen LogP contribution in [0.2, 0.25) is 5.02 Å². The Morgan fingerprint density at radius 1 is 1.10 bits per heavy atom. The van der Waals surface area contributed by atoms with Crippen LogP contribution in [-0.2, 0) is 0 Å². The van der Waals surface area contributed by atoms with Crippen molar-refractivity contribution in [1.29, 1.82) is 0 Å². The van der Waals surface area contributed by atoms with E-state index in [1.165, 1.54) is 5.56 Å². The average Bonchev–Trinajstić information content (AvgIpc) is 3.40. The van der Waals surface area contributed by atoms with Crippen LogP contribution in [0.1, 0.15) is 36.3 Å². The predicted octanol–water partition coefficient (Wildman–Crippen LogP) is 5.00. The van der Waals surface area contributed by atoms with Crippen molar-refractivity contribution in [3.8, 4) is 5.69 Å². The second kappa shape index (κ2) is 6.88.